The molecule has 28 heavy (non-hydrogen) atoms. The summed E-state index contributed by atoms with van der Waals surface area (Å²) in [5.74, 6) is 0. The number of aliphatic hydroxyl groups is 2. The third kappa shape index (κ3) is 3.92. The Hall–Kier alpha value is -3.10. The van der Waals surface area contributed by atoms with Gasteiger partial charge in [0.25, 0.3) is 0 Å². The first-order chi connectivity index (χ1) is 14.6. The highest BCUT2D eigenvalue weighted by Gasteiger charge is 2.11. The van der Waals surface area contributed by atoms with Gasteiger partial charge in [0.05, 0.1) is 30.9 Å². The van der Waals surface area contributed by atoms with Gasteiger partial charge in [-0.05, 0) is 38.9 Å². The molecule has 6 N–H and O–H groups in total. The molecule has 0 aliphatic rings. The van der Waals surface area contributed by atoms with Crippen molar-refractivity contribution in [3.05, 3.63) is 46.7 Å². The highest BCUT2D eigenvalue weighted by molar-refractivity contribution is 5.84. The van der Waals surface area contributed by atoms with Crippen molar-refractivity contribution in [2.75, 3.05) is 11.5 Å². The Morgan fingerprint density at radius 2 is 1.75 bits per heavy atom. The zero-order valence-electron chi connectivity index (χ0n) is 19.9. The van der Waals surface area contributed by atoms with Gasteiger partial charge in [-0.15, -0.1) is 0 Å². The minimum absolute atomic E-state index is 0. The van der Waals surface area contributed by atoms with Crippen molar-refractivity contribution in [1.29, 1.82) is 0 Å². The first kappa shape index (κ1) is 14.9. The zero-order chi connectivity index (χ0) is 24.2. The Morgan fingerprint density at radius 3 is 2.36 bits per heavy atom. The van der Waals surface area contributed by atoms with E-state index < -0.39 is 12.6 Å². The van der Waals surface area contributed by atoms with E-state index in [0.29, 0.717) is 27.7 Å². The van der Waals surface area contributed by atoms with Gasteiger partial charge >= 0.3 is 0 Å². The van der Waals surface area contributed by atoms with Gasteiger partial charge in [0.15, 0.2) is 11.2 Å². The van der Waals surface area contributed by atoms with E-state index in [2.05, 4.69) is 10.3 Å². The minimum atomic E-state index is -2.65. The van der Waals surface area contributed by atoms with E-state index in [1.165, 1.54) is 13.0 Å². The van der Waals surface area contributed by atoms with Crippen LogP contribution in [0.1, 0.15) is 49.8 Å². The van der Waals surface area contributed by atoms with Crippen LogP contribution in [0, 0.1) is 13.8 Å². The third-order valence-corrected chi connectivity index (χ3v) is 3.92. The summed E-state index contributed by atoms with van der Waals surface area (Å²) in [7, 11) is 0. The number of nitrogens with two attached hydrogens (primary N) is 2. The van der Waals surface area contributed by atoms with E-state index in [1.807, 2.05) is 0 Å². The molecule has 0 amide bonds. The van der Waals surface area contributed by atoms with Crippen LogP contribution in [0.25, 0.3) is 21.9 Å². The first-order valence-electron chi connectivity index (χ1n) is 10.4. The maximum absolute atomic E-state index is 9.62. The average molecular weight is 393 g/mol. The van der Waals surface area contributed by atoms with Crippen LogP contribution in [0.15, 0.2) is 33.3 Å². The second-order valence-electron chi connectivity index (χ2n) is 5.91. The summed E-state index contributed by atoms with van der Waals surface area (Å²) in [4.78, 5) is 0. The van der Waals surface area contributed by atoms with Crippen LogP contribution in [-0.2, 0) is 6.56 Å². The lowest BCUT2D eigenvalue weighted by Gasteiger charge is -2.07. The Labute approximate surface area is 169 Å². The van der Waals surface area contributed by atoms with Gasteiger partial charge in [-0.2, -0.15) is 0 Å². The van der Waals surface area contributed by atoms with E-state index in [-0.39, 0.29) is 47.6 Å². The molecule has 4 rings (SSSR count). The normalized spacial score (nSPS) is 16.0. The lowest BCUT2D eigenvalue weighted by molar-refractivity contribution is 0.200. The number of fused-ring (bicyclic) bond motifs is 2. The molecule has 0 bridgehead atoms. The summed E-state index contributed by atoms with van der Waals surface area (Å²) in [6, 6.07) is 2.64. The molecule has 1 unspecified atom stereocenters. The van der Waals surface area contributed by atoms with E-state index in [9.17, 15) is 10.2 Å². The fraction of sp³-hybridized carbons (Fsp3) is 0.300. The molecule has 4 aromatic rings. The first-order valence-corrected chi connectivity index (χ1v) is 7.90. The molecule has 0 aliphatic carbocycles. The molecule has 1 atom stereocenters. The highest BCUT2D eigenvalue weighted by Crippen LogP contribution is 2.28. The predicted molar refractivity (Wildman–Crippen MR) is 110 cm³/mol. The number of anilines is 2. The molecule has 2 aromatic heterocycles. The summed E-state index contributed by atoms with van der Waals surface area (Å²) >= 11 is 0. The van der Waals surface area contributed by atoms with E-state index in [4.69, 9.17) is 27.4 Å². The predicted octanol–water partition coefficient (Wildman–Crippen LogP) is 3.62. The summed E-state index contributed by atoms with van der Waals surface area (Å²) in [5, 5.41) is 27.3. The Bertz CT molecular complexity index is 1320. The van der Waals surface area contributed by atoms with Gasteiger partial charge < -0.3 is 30.7 Å². The molecule has 8 nitrogen and oxygen atoms in total. The maximum Gasteiger partial charge on any atom is 0.169 e. The van der Waals surface area contributed by atoms with Gasteiger partial charge in [0.1, 0.15) is 0 Å². The second-order valence-corrected chi connectivity index (χ2v) is 5.91. The Balaban J connectivity index is 0.000000227. The third-order valence-electron chi connectivity index (χ3n) is 3.92. The van der Waals surface area contributed by atoms with Crippen LogP contribution < -0.4 is 11.5 Å². The second kappa shape index (κ2) is 8.28. The molecule has 0 spiro atoms. The maximum atomic E-state index is 9.62. The van der Waals surface area contributed by atoms with E-state index in [1.54, 1.807) is 19.9 Å². The van der Waals surface area contributed by atoms with E-state index in [0.717, 1.165) is 0 Å². The molecule has 2 aromatic carbocycles. The van der Waals surface area contributed by atoms with Gasteiger partial charge in [0, 0.05) is 39.3 Å². The quantitative estimate of drug-likeness (QED) is 0.378. The number of nitrogens with zero attached hydrogens (tertiary/aromatic N) is 2. The number of rotatable bonds is 2. The highest BCUT2D eigenvalue weighted by atomic mass is 16.5. The van der Waals surface area contributed by atoms with Crippen LogP contribution >= 0.6 is 0 Å². The number of hydrogen-bond acceptors (Lipinski definition) is 8. The van der Waals surface area contributed by atoms with Gasteiger partial charge in [0.2, 0.25) is 0 Å². The van der Waals surface area contributed by atoms with Crippen molar-refractivity contribution < 1.29 is 26.1 Å². The number of aryl methyl sites for hydroxylation is 2. The van der Waals surface area contributed by atoms with Crippen molar-refractivity contribution in [2.45, 2.75) is 40.8 Å². The fourth-order valence-corrected chi connectivity index (χ4v) is 2.49. The van der Waals surface area contributed by atoms with Crippen molar-refractivity contribution in [3.8, 4) is 0 Å². The summed E-state index contributed by atoms with van der Waals surface area (Å²) in [6.07, 6.45) is -1.92. The smallest absolute Gasteiger partial charge is 0.169 e. The van der Waals surface area contributed by atoms with Gasteiger partial charge in [-0.25, -0.2) is 0 Å². The number of hydrogen-bond donors (Lipinski definition) is 4. The van der Waals surface area contributed by atoms with Gasteiger partial charge in [-0.3, -0.25) is 0 Å². The summed E-state index contributed by atoms with van der Waals surface area (Å²) in [5.41, 5.74) is 12.9. The zero-order valence-corrected chi connectivity index (χ0v) is 14.9. The number of nitrogen functional groups attached to an aromatic ring is 2. The van der Waals surface area contributed by atoms with Gasteiger partial charge in [-0.1, -0.05) is 17.7 Å². The van der Waals surface area contributed by atoms with Crippen molar-refractivity contribution >= 4 is 33.3 Å². The molecule has 8 heteroatoms. The summed E-state index contributed by atoms with van der Waals surface area (Å²) in [6.45, 7) is 1.98. The Morgan fingerprint density at radius 1 is 1.14 bits per heavy atom. The molecular formula is C20H26N4O4. The molecule has 0 radical (unpaired) electrons. The molecule has 0 saturated carbocycles. The largest absolute Gasteiger partial charge is 0.398 e. The lowest BCUT2D eigenvalue weighted by Crippen LogP contribution is -1.97. The lowest BCUT2D eigenvalue weighted by atomic mass is 10.1. The number of aromatic nitrogens is 2. The van der Waals surface area contributed by atoms with Crippen LogP contribution in [0.4, 0.5) is 11.4 Å². The molecule has 0 fully saturated rings. The SMILES string of the molecule is C.[2H]C(C)(O)c1c(N)cc2c(C)noc2c1[3H].[2H]C([2H])(O)c1c(N)cc2onc(C)c2c1[3H]. The average Bonchev–Trinajstić information content (AvgIpc) is 3.16. The molecule has 2 heterocycles. The van der Waals surface area contributed by atoms with Crippen LogP contribution in [0.5, 0.6) is 0 Å². The topological polar surface area (TPSA) is 145 Å². The molecular weight excluding hydrogens is 360 g/mol. The fourth-order valence-electron chi connectivity index (χ4n) is 2.49. The molecule has 0 saturated heterocycles. The van der Waals surface area contributed by atoms with Crippen molar-refractivity contribution in [1.82, 2.24) is 10.3 Å². The minimum Gasteiger partial charge on any atom is -0.398 e. The van der Waals surface area contributed by atoms with Crippen LogP contribution in [0.3, 0.4) is 0 Å². The Kier molecular flexibility index (Phi) is 4.41. The van der Waals surface area contributed by atoms with Crippen LogP contribution in [0.2, 0.25) is 0 Å². The monoisotopic (exact) mass is 393 g/mol. The molecule has 150 valence electrons. The summed E-state index contributed by atoms with van der Waals surface area (Å²) < 4.78 is 47.6. The van der Waals surface area contributed by atoms with E-state index >= 15 is 0 Å². The van der Waals surface area contributed by atoms with Crippen molar-refractivity contribution in [2.24, 2.45) is 0 Å². The standard InChI is InChI=1S/C10H12N2O2.C9H10N2O2.CH4/c1-5-7-3-9(11)8(6(2)13)4-10(7)14-12-5;1-5-7-2-6(4-12)8(10)3-9(7)13-11-5;/h3-4,6,13H,11H2,1-2H3;2-3,12H,4,10H2,1H3;1H4/i4T,6D;2T,4D2;. The number of benzene rings is 2. The van der Waals surface area contributed by atoms with Crippen LogP contribution in [-0.4, -0.2) is 20.5 Å². The van der Waals surface area contributed by atoms with Crippen molar-refractivity contribution in [3.63, 3.8) is 0 Å². The molecule has 0 aliphatic heterocycles.